The standard InChI is InChI=1S/C14H26O2/c1-5-11-7-6-8-12(9-11)13(15)14(16-4)10(2)3/h10-12,14H,5-9H2,1-4H3. The van der Waals surface area contributed by atoms with Crippen molar-refractivity contribution in [3.05, 3.63) is 0 Å². The third-order valence-corrected chi connectivity index (χ3v) is 3.90. The van der Waals surface area contributed by atoms with Crippen LogP contribution in [0, 0.1) is 17.8 Å². The van der Waals surface area contributed by atoms with Crippen LogP contribution in [0.4, 0.5) is 0 Å². The van der Waals surface area contributed by atoms with E-state index in [-0.39, 0.29) is 12.0 Å². The highest BCUT2D eigenvalue weighted by molar-refractivity contribution is 5.85. The molecule has 2 nitrogen and oxygen atoms in total. The highest BCUT2D eigenvalue weighted by Gasteiger charge is 2.32. The molecule has 0 amide bonds. The highest BCUT2D eigenvalue weighted by atomic mass is 16.5. The summed E-state index contributed by atoms with van der Waals surface area (Å²) in [6.07, 6.45) is 5.69. The monoisotopic (exact) mass is 226 g/mol. The molecule has 0 aromatic rings. The summed E-state index contributed by atoms with van der Waals surface area (Å²) in [7, 11) is 1.66. The largest absolute Gasteiger partial charge is 0.373 e. The molecule has 1 saturated carbocycles. The number of hydrogen-bond acceptors (Lipinski definition) is 2. The summed E-state index contributed by atoms with van der Waals surface area (Å²) in [6, 6.07) is 0. The lowest BCUT2D eigenvalue weighted by Gasteiger charge is -2.30. The third kappa shape index (κ3) is 3.31. The quantitative estimate of drug-likeness (QED) is 0.717. The highest BCUT2D eigenvalue weighted by Crippen LogP contribution is 2.33. The first kappa shape index (κ1) is 13.7. The Kier molecular flexibility index (Phi) is 5.47. The van der Waals surface area contributed by atoms with Crippen LogP contribution in [-0.4, -0.2) is 19.0 Å². The van der Waals surface area contributed by atoms with Crippen LogP contribution in [0.1, 0.15) is 52.9 Å². The second kappa shape index (κ2) is 6.39. The summed E-state index contributed by atoms with van der Waals surface area (Å²) in [6.45, 7) is 6.35. The zero-order valence-electron chi connectivity index (χ0n) is 11.2. The topological polar surface area (TPSA) is 26.3 Å². The van der Waals surface area contributed by atoms with Gasteiger partial charge in [-0.25, -0.2) is 0 Å². The van der Waals surface area contributed by atoms with E-state index in [1.54, 1.807) is 7.11 Å². The van der Waals surface area contributed by atoms with Crippen molar-refractivity contribution < 1.29 is 9.53 Å². The normalized spacial score (nSPS) is 28.1. The van der Waals surface area contributed by atoms with Crippen LogP contribution in [0.3, 0.4) is 0 Å². The van der Waals surface area contributed by atoms with Gasteiger partial charge in [-0.15, -0.1) is 0 Å². The maximum absolute atomic E-state index is 12.3. The van der Waals surface area contributed by atoms with E-state index in [0.717, 1.165) is 18.8 Å². The average Bonchev–Trinajstić information content (AvgIpc) is 2.29. The summed E-state index contributed by atoms with van der Waals surface area (Å²) < 4.78 is 5.35. The van der Waals surface area contributed by atoms with Gasteiger partial charge in [0.05, 0.1) is 0 Å². The molecule has 0 N–H and O–H groups in total. The lowest BCUT2D eigenvalue weighted by Crippen LogP contribution is -2.36. The van der Waals surface area contributed by atoms with E-state index < -0.39 is 0 Å². The zero-order chi connectivity index (χ0) is 12.1. The summed E-state index contributed by atoms with van der Waals surface area (Å²) in [5.74, 6) is 1.65. The molecule has 0 aliphatic heterocycles. The molecule has 0 spiro atoms. The summed E-state index contributed by atoms with van der Waals surface area (Å²) >= 11 is 0. The molecule has 0 aromatic carbocycles. The Balaban J connectivity index is 2.58. The van der Waals surface area contributed by atoms with Crippen LogP contribution in [0.25, 0.3) is 0 Å². The van der Waals surface area contributed by atoms with Crippen LogP contribution in [0.2, 0.25) is 0 Å². The van der Waals surface area contributed by atoms with Gasteiger partial charge in [-0.1, -0.05) is 40.0 Å². The van der Waals surface area contributed by atoms with Crippen LogP contribution in [0.5, 0.6) is 0 Å². The molecule has 3 unspecified atom stereocenters. The van der Waals surface area contributed by atoms with Crippen molar-refractivity contribution in [1.29, 1.82) is 0 Å². The molecule has 1 aliphatic carbocycles. The van der Waals surface area contributed by atoms with Crippen LogP contribution in [0.15, 0.2) is 0 Å². The van der Waals surface area contributed by atoms with Gasteiger partial charge in [0.15, 0.2) is 5.78 Å². The minimum absolute atomic E-state index is 0.194. The van der Waals surface area contributed by atoms with Gasteiger partial charge in [0.25, 0.3) is 0 Å². The van der Waals surface area contributed by atoms with Crippen molar-refractivity contribution in [2.45, 2.75) is 59.0 Å². The van der Waals surface area contributed by atoms with E-state index in [1.165, 1.54) is 19.3 Å². The Labute approximate surface area is 99.8 Å². The van der Waals surface area contributed by atoms with Crippen molar-refractivity contribution in [3.63, 3.8) is 0 Å². The molecular formula is C14H26O2. The molecule has 0 radical (unpaired) electrons. The van der Waals surface area contributed by atoms with Crippen molar-refractivity contribution in [3.8, 4) is 0 Å². The van der Waals surface area contributed by atoms with E-state index in [0.29, 0.717) is 11.7 Å². The van der Waals surface area contributed by atoms with Crippen molar-refractivity contribution in [1.82, 2.24) is 0 Å². The molecule has 1 rings (SSSR count). The van der Waals surface area contributed by atoms with Crippen molar-refractivity contribution in [2.75, 3.05) is 7.11 Å². The minimum atomic E-state index is -0.194. The predicted octanol–water partition coefficient (Wildman–Crippen LogP) is 3.44. The summed E-state index contributed by atoms with van der Waals surface area (Å²) in [4.78, 5) is 12.3. The molecule has 0 heterocycles. The molecule has 2 heteroatoms. The Morgan fingerprint density at radius 2 is 2.06 bits per heavy atom. The van der Waals surface area contributed by atoms with Gasteiger partial charge in [0.1, 0.15) is 6.10 Å². The number of rotatable bonds is 5. The molecule has 0 bridgehead atoms. The first-order chi connectivity index (χ1) is 7.60. The fourth-order valence-corrected chi connectivity index (χ4v) is 2.87. The number of carbonyl (C=O) groups excluding carboxylic acids is 1. The number of ether oxygens (including phenoxy) is 1. The summed E-state index contributed by atoms with van der Waals surface area (Å²) in [5, 5.41) is 0. The number of methoxy groups -OCH3 is 1. The average molecular weight is 226 g/mol. The van der Waals surface area contributed by atoms with Crippen LogP contribution in [-0.2, 0) is 9.53 Å². The Morgan fingerprint density at radius 3 is 2.56 bits per heavy atom. The van der Waals surface area contributed by atoms with Gasteiger partial charge in [-0.05, 0) is 24.7 Å². The second-order valence-corrected chi connectivity index (χ2v) is 5.44. The van der Waals surface area contributed by atoms with Gasteiger partial charge >= 0.3 is 0 Å². The van der Waals surface area contributed by atoms with Gasteiger partial charge in [-0.3, -0.25) is 4.79 Å². The molecule has 0 aromatic heterocycles. The van der Waals surface area contributed by atoms with Gasteiger partial charge < -0.3 is 4.74 Å². The Bertz CT molecular complexity index is 223. The lowest BCUT2D eigenvalue weighted by atomic mass is 9.76. The first-order valence-electron chi connectivity index (χ1n) is 6.66. The molecule has 3 atom stereocenters. The number of carbonyl (C=O) groups is 1. The smallest absolute Gasteiger partial charge is 0.164 e. The van der Waals surface area contributed by atoms with Crippen LogP contribution >= 0.6 is 0 Å². The Hall–Kier alpha value is -0.370. The van der Waals surface area contributed by atoms with E-state index >= 15 is 0 Å². The second-order valence-electron chi connectivity index (χ2n) is 5.44. The number of hydrogen-bond donors (Lipinski definition) is 0. The fraction of sp³-hybridized carbons (Fsp3) is 0.929. The lowest BCUT2D eigenvalue weighted by molar-refractivity contribution is -0.136. The van der Waals surface area contributed by atoms with E-state index in [1.807, 2.05) is 0 Å². The first-order valence-corrected chi connectivity index (χ1v) is 6.66. The molecule has 1 aliphatic rings. The van der Waals surface area contributed by atoms with Crippen molar-refractivity contribution >= 4 is 5.78 Å². The molecular weight excluding hydrogens is 200 g/mol. The Morgan fingerprint density at radius 1 is 1.38 bits per heavy atom. The number of Topliss-reactive ketones (excluding diaryl/α,β-unsaturated/α-hetero) is 1. The minimum Gasteiger partial charge on any atom is -0.373 e. The molecule has 94 valence electrons. The van der Waals surface area contributed by atoms with E-state index in [2.05, 4.69) is 20.8 Å². The predicted molar refractivity (Wildman–Crippen MR) is 66.4 cm³/mol. The van der Waals surface area contributed by atoms with Crippen molar-refractivity contribution in [2.24, 2.45) is 17.8 Å². The molecule has 0 saturated heterocycles. The van der Waals surface area contributed by atoms with Gasteiger partial charge in [0.2, 0.25) is 0 Å². The SMILES string of the molecule is CCC1CCCC(C(=O)C(OC)C(C)C)C1. The van der Waals surface area contributed by atoms with E-state index in [9.17, 15) is 4.79 Å². The summed E-state index contributed by atoms with van der Waals surface area (Å²) in [5.41, 5.74) is 0. The van der Waals surface area contributed by atoms with Gasteiger partial charge in [-0.2, -0.15) is 0 Å². The maximum atomic E-state index is 12.3. The molecule has 1 fully saturated rings. The molecule has 16 heavy (non-hydrogen) atoms. The van der Waals surface area contributed by atoms with E-state index in [4.69, 9.17) is 4.74 Å². The number of ketones is 1. The zero-order valence-corrected chi connectivity index (χ0v) is 11.2. The van der Waals surface area contributed by atoms with Gasteiger partial charge in [0, 0.05) is 13.0 Å². The third-order valence-electron chi connectivity index (χ3n) is 3.90. The van der Waals surface area contributed by atoms with Crippen LogP contribution < -0.4 is 0 Å². The fourth-order valence-electron chi connectivity index (χ4n) is 2.87. The maximum Gasteiger partial charge on any atom is 0.164 e.